The van der Waals surface area contributed by atoms with E-state index in [1.807, 2.05) is 5.32 Å². The Kier molecular flexibility index (Phi) is 12.2. The first-order valence-corrected chi connectivity index (χ1v) is 11.0. The number of carbonyl (C=O) groups excluding carboxylic acids is 5. The number of hydrogen-bond donors (Lipinski definition) is 8. The Bertz CT molecular complexity index is 1020. The summed E-state index contributed by atoms with van der Waals surface area (Å²) in [6, 6.07) is 2.43. The second kappa shape index (κ2) is 14.8. The highest BCUT2D eigenvalue weighted by atomic mass is 16.4. The van der Waals surface area contributed by atoms with Crippen molar-refractivity contribution in [3.63, 3.8) is 0 Å². The normalized spacial score (nSPS) is 13.8. The number of hydrogen-bond acceptors (Lipinski definition) is 8. The van der Waals surface area contributed by atoms with E-state index in [1.165, 1.54) is 0 Å². The van der Waals surface area contributed by atoms with Crippen LogP contribution in [0.4, 0.5) is 0 Å². The van der Waals surface area contributed by atoms with E-state index in [9.17, 15) is 38.7 Å². The van der Waals surface area contributed by atoms with Crippen molar-refractivity contribution in [2.24, 2.45) is 17.2 Å². The van der Waals surface area contributed by atoms with Crippen LogP contribution >= 0.6 is 0 Å². The number of carboxylic acid groups (broad SMARTS) is 2. The molecule has 0 aliphatic rings. The van der Waals surface area contributed by atoms with Crippen LogP contribution in [0.3, 0.4) is 0 Å². The van der Waals surface area contributed by atoms with Gasteiger partial charge >= 0.3 is 11.9 Å². The van der Waals surface area contributed by atoms with Crippen LogP contribution in [0, 0.1) is 0 Å². The molecule has 1 aromatic carbocycles. The van der Waals surface area contributed by atoms with E-state index in [0.717, 1.165) is 0 Å². The molecular formula is C22H30N6O9. The first-order valence-electron chi connectivity index (χ1n) is 11.0. The van der Waals surface area contributed by atoms with Crippen LogP contribution in [0.5, 0.6) is 0 Å². The molecule has 11 N–H and O–H groups in total. The summed E-state index contributed by atoms with van der Waals surface area (Å²) < 4.78 is 0. The van der Waals surface area contributed by atoms with Gasteiger partial charge in [-0.1, -0.05) is 30.3 Å². The van der Waals surface area contributed by atoms with Crippen LogP contribution in [0.2, 0.25) is 0 Å². The maximum Gasteiger partial charge on any atom is 0.326 e. The molecule has 0 radical (unpaired) electrons. The van der Waals surface area contributed by atoms with Crippen LogP contribution in [0.15, 0.2) is 30.3 Å². The molecule has 0 saturated carbocycles. The van der Waals surface area contributed by atoms with E-state index >= 15 is 0 Å². The molecule has 0 saturated heterocycles. The van der Waals surface area contributed by atoms with E-state index in [4.69, 9.17) is 22.3 Å². The van der Waals surface area contributed by atoms with Crippen molar-refractivity contribution in [2.75, 3.05) is 0 Å². The van der Waals surface area contributed by atoms with Crippen LogP contribution in [-0.4, -0.2) is 75.9 Å². The predicted octanol–water partition coefficient (Wildman–Crippen LogP) is -3.29. The molecule has 0 bridgehead atoms. The Balaban J connectivity index is 3.11. The zero-order chi connectivity index (χ0) is 28.1. The van der Waals surface area contributed by atoms with E-state index in [0.29, 0.717) is 5.56 Å². The number of nitrogens with one attached hydrogen (secondary N) is 3. The van der Waals surface area contributed by atoms with Crippen molar-refractivity contribution in [3.05, 3.63) is 35.9 Å². The molecular weight excluding hydrogens is 492 g/mol. The molecule has 1 aromatic rings. The topological polar surface area (TPSA) is 274 Å². The number of rotatable bonds is 16. The third kappa shape index (κ3) is 11.6. The van der Waals surface area contributed by atoms with E-state index in [1.54, 1.807) is 30.3 Å². The molecule has 4 atom stereocenters. The molecule has 5 amide bonds. The Hall–Kier alpha value is -4.53. The minimum Gasteiger partial charge on any atom is -0.481 e. The Labute approximate surface area is 211 Å². The lowest BCUT2D eigenvalue weighted by Gasteiger charge is -2.24. The van der Waals surface area contributed by atoms with Crippen molar-refractivity contribution >= 4 is 41.5 Å². The molecule has 37 heavy (non-hydrogen) atoms. The molecule has 15 heteroatoms. The summed E-state index contributed by atoms with van der Waals surface area (Å²) in [6.07, 6.45) is -2.15. The highest BCUT2D eigenvalue weighted by Crippen LogP contribution is 2.06. The van der Waals surface area contributed by atoms with Gasteiger partial charge in [0, 0.05) is 12.8 Å². The molecule has 202 valence electrons. The summed E-state index contributed by atoms with van der Waals surface area (Å²) in [7, 11) is 0. The first-order chi connectivity index (χ1) is 17.3. The fraction of sp³-hybridized carbons (Fsp3) is 0.409. The number of aliphatic carboxylic acids is 2. The lowest BCUT2D eigenvalue weighted by atomic mass is 10.0. The fourth-order valence-corrected chi connectivity index (χ4v) is 3.10. The predicted molar refractivity (Wildman–Crippen MR) is 126 cm³/mol. The average Bonchev–Trinajstić information content (AvgIpc) is 2.80. The maximum absolute atomic E-state index is 13.1. The Morgan fingerprint density at radius 1 is 0.730 bits per heavy atom. The standard InChI is InChI=1S/C22H30N6O9/c23-12(6-7-18(31)32)19(33)26-13(8-11-4-2-1-3-5-11)20(34)27-14(9-16(24)29)21(35)28-15(22(36)37)10-17(25)30/h1-5,12-15H,6-10,23H2,(H2,24,29)(H2,25,30)(H,26,33)(H,27,34)(H,28,35)(H,31,32)(H,36,37). The molecule has 0 aromatic heterocycles. The Morgan fingerprint density at radius 3 is 1.73 bits per heavy atom. The lowest BCUT2D eigenvalue weighted by molar-refractivity contribution is -0.144. The zero-order valence-electron chi connectivity index (χ0n) is 19.7. The third-order valence-corrected chi connectivity index (χ3v) is 4.98. The summed E-state index contributed by atoms with van der Waals surface area (Å²) in [5, 5.41) is 24.6. The van der Waals surface area contributed by atoms with Gasteiger partial charge in [0.1, 0.15) is 18.1 Å². The lowest BCUT2D eigenvalue weighted by Crippen LogP contribution is -2.58. The van der Waals surface area contributed by atoms with Gasteiger partial charge in [0.25, 0.3) is 0 Å². The first kappa shape index (κ1) is 30.5. The average molecular weight is 523 g/mol. The SMILES string of the molecule is NC(=O)CC(NC(=O)C(CC(N)=O)NC(=O)C(Cc1ccccc1)NC(=O)C(N)CCC(=O)O)C(=O)O. The van der Waals surface area contributed by atoms with Crippen molar-refractivity contribution < 1.29 is 43.8 Å². The number of carbonyl (C=O) groups is 7. The number of nitrogens with two attached hydrogens (primary N) is 3. The van der Waals surface area contributed by atoms with Gasteiger partial charge in [-0.15, -0.1) is 0 Å². The zero-order valence-corrected chi connectivity index (χ0v) is 19.7. The summed E-state index contributed by atoms with van der Waals surface area (Å²) in [5.74, 6) is -7.69. The van der Waals surface area contributed by atoms with Gasteiger partial charge in [0.15, 0.2) is 0 Å². The van der Waals surface area contributed by atoms with E-state index in [-0.39, 0.29) is 19.3 Å². The number of benzene rings is 1. The third-order valence-electron chi connectivity index (χ3n) is 4.98. The molecule has 0 spiro atoms. The second-order valence-electron chi connectivity index (χ2n) is 8.09. The van der Waals surface area contributed by atoms with Gasteiger partial charge in [0.2, 0.25) is 29.5 Å². The molecule has 1 rings (SSSR count). The van der Waals surface area contributed by atoms with Crippen LogP contribution < -0.4 is 33.2 Å². The second-order valence-corrected chi connectivity index (χ2v) is 8.09. The van der Waals surface area contributed by atoms with Crippen LogP contribution in [0.25, 0.3) is 0 Å². The largest absolute Gasteiger partial charge is 0.481 e. The molecule has 0 aliphatic carbocycles. The summed E-state index contributed by atoms with van der Waals surface area (Å²) in [5.41, 5.74) is 16.5. The van der Waals surface area contributed by atoms with Crippen molar-refractivity contribution in [1.82, 2.24) is 16.0 Å². The maximum atomic E-state index is 13.1. The molecule has 4 unspecified atom stereocenters. The summed E-state index contributed by atoms with van der Waals surface area (Å²) >= 11 is 0. The highest BCUT2D eigenvalue weighted by molar-refractivity contribution is 5.96. The smallest absolute Gasteiger partial charge is 0.326 e. The fourth-order valence-electron chi connectivity index (χ4n) is 3.10. The Morgan fingerprint density at radius 2 is 1.22 bits per heavy atom. The minimum absolute atomic E-state index is 0.0750. The van der Waals surface area contributed by atoms with Gasteiger partial charge in [-0.3, -0.25) is 28.8 Å². The summed E-state index contributed by atoms with van der Waals surface area (Å²) in [6.45, 7) is 0. The van der Waals surface area contributed by atoms with E-state index in [2.05, 4.69) is 10.6 Å². The number of amides is 5. The minimum atomic E-state index is -1.73. The van der Waals surface area contributed by atoms with Gasteiger partial charge in [-0.25, -0.2) is 4.79 Å². The van der Waals surface area contributed by atoms with Crippen LogP contribution in [-0.2, 0) is 40.0 Å². The van der Waals surface area contributed by atoms with Crippen LogP contribution in [0.1, 0.15) is 31.2 Å². The number of primary amides is 2. The van der Waals surface area contributed by atoms with Crippen molar-refractivity contribution in [2.45, 2.75) is 56.3 Å². The summed E-state index contributed by atoms with van der Waals surface area (Å²) in [4.78, 5) is 83.0. The van der Waals surface area contributed by atoms with E-state index < -0.39 is 78.5 Å². The van der Waals surface area contributed by atoms with Gasteiger partial charge < -0.3 is 43.4 Å². The van der Waals surface area contributed by atoms with Gasteiger partial charge in [-0.05, 0) is 12.0 Å². The van der Waals surface area contributed by atoms with Crippen molar-refractivity contribution in [1.29, 1.82) is 0 Å². The molecule has 0 heterocycles. The van der Waals surface area contributed by atoms with Crippen molar-refractivity contribution in [3.8, 4) is 0 Å². The quantitative estimate of drug-likeness (QED) is 0.107. The number of carboxylic acids is 2. The molecule has 15 nitrogen and oxygen atoms in total. The van der Waals surface area contributed by atoms with Gasteiger partial charge in [0.05, 0.1) is 18.9 Å². The molecule has 0 fully saturated rings. The highest BCUT2D eigenvalue weighted by Gasteiger charge is 2.32. The monoisotopic (exact) mass is 522 g/mol. The molecule has 0 aliphatic heterocycles. The van der Waals surface area contributed by atoms with Gasteiger partial charge in [-0.2, -0.15) is 0 Å².